The predicted molar refractivity (Wildman–Crippen MR) is 85.1 cm³/mol. The van der Waals surface area contributed by atoms with E-state index in [-0.39, 0.29) is 27.6 Å². The minimum atomic E-state index is -4.54. The van der Waals surface area contributed by atoms with Crippen molar-refractivity contribution in [2.75, 3.05) is 11.9 Å². The first-order valence-corrected chi connectivity index (χ1v) is 8.59. The van der Waals surface area contributed by atoms with Crippen molar-refractivity contribution in [3.63, 3.8) is 0 Å². The van der Waals surface area contributed by atoms with Gasteiger partial charge in [-0.05, 0) is 31.2 Å². The van der Waals surface area contributed by atoms with E-state index in [4.69, 9.17) is 16.3 Å². The largest absolute Gasteiger partial charge is 0.417 e. The third-order valence-electron chi connectivity index (χ3n) is 6.97. The summed E-state index contributed by atoms with van der Waals surface area (Å²) in [6.45, 7) is 4.76. The summed E-state index contributed by atoms with van der Waals surface area (Å²) in [6.07, 6.45) is -1.27. The highest BCUT2D eigenvalue weighted by Gasteiger charge is 2.78. The number of carbonyl (C=O) groups excluding carboxylic acids is 1. The summed E-state index contributed by atoms with van der Waals surface area (Å²) in [4.78, 5) is 16.7. The Morgan fingerprint density at radius 1 is 1.44 bits per heavy atom. The zero-order valence-electron chi connectivity index (χ0n) is 13.8. The van der Waals surface area contributed by atoms with Crippen molar-refractivity contribution < 1.29 is 22.7 Å². The highest BCUT2D eigenvalue weighted by Crippen LogP contribution is 2.75. The molecule has 1 amide bonds. The Balaban J connectivity index is 1.62. The Bertz CT molecular complexity index is 771. The molecular weight excluding hydrogens is 357 g/mol. The highest BCUT2D eigenvalue weighted by atomic mass is 35.5. The van der Waals surface area contributed by atoms with Gasteiger partial charge in [-0.3, -0.25) is 4.79 Å². The molecule has 1 saturated heterocycles. The number of anilines is 1. The number of hydrogen-bond acceptors (Lipinski definition) is 3. The molecule has 4 rings (SSSR count). The number of halogens is 4. The first-order chi connectivity index (χ1) is 11.5. The van der Waals surface area contributed by atoms with E-state index in [9.17, 15) is 18.0 Å². The summed E-state index contributed by atoms with van der Waals surface area (Å²) < 4.78 is 44.1. The van der Waals surface area contributed by atoms with Gasteiger partial charge < -0.3 is 10.1 Å². The average molecular weight is 375 g/mol. The molecule has 4 unspecified atom stereocenters. The van der Waals surface area contributed by atoms with Crippen LogP contribution in [0.1, 0.15) is 38.7 Å². The van der Waals surface area contributed by atoms with Gasteiger partial charge in [0.2, 0.25) is 0 Å². The number of hydrogen-bond donors (Lipinski definition) is 1. The van der Waals surface area contributed by atoms with Crippen molar-refractivity contribution in [1.82, 2.24) is 4.98 Å². The third-order valence-corrected chi connectivity index (χ3v) is 7.25. The molecule has 1 aromatic rings. The molecular formula is C17H18ClF3N2O2. The van der Waals surface area contributed by atoms with Crippen LogP contribution < -0.4 is 5.32 Å². The van der Waals surface area contributed by atoms with Crippen LogP contribution in [0.2, 0.25) is 5.02 Å². The fraction of sp³-hybridized carbons (Fsp3) is 0.647. The second kappa shape index (κ2) is 4.88. The first-order valence-electron chi connectivity index (χ1n) is 8.22. The summed E-state index contributed by atoms with van der Waals surface area (Å²) >= 11 is 5.91. The van der Waals surface area contributed by atoms with E-state index < -0.39 is 17.3 Å². The minimum Gasteiger partial charge on any atom is -0.364 e. The van der Waals surface area contributed by atoms with Gasteiger partial charge in [0, 0.05) is 17.0 Å². The Labute approximate surface area is 148 Å². The maximum atomic E-state index is 13.0. The summed E-state index contributed by atoms with van der Waals surface area (Å²) in [7, 11) is 0. The van der Waals surface area contributed by atoms with Gasteiger partial charge in [0.05, 0.1) is 17.2 Å². The lowest BCUT2D eigenvalue weighted by Crippen LogP contribution is -2.52. The van der Waals surface area contributed by atoms with Gasteiger partial charge in [-0.25, -0.2) is 4.98 Å². The molecule has 1 N–H and O–H groups in total. The van der Waals surface area contributed by atoms with Gasteiger partial charge >= 0.3 is 6.18 Å². The zero-order chi connectivity index (χ0) is 18.3. The molecule has 8 heteroatoms. The number of carbonyl (C=O) groups is 1. The van der Waals surface area contributed by atoms with E-state index in [0.717, 1.165) is 18.9 Å². The molecule has 4 bridgehead atoms. The lowest BCUT2D eigenvalue weighted by atomic mass is 9.66. The topological polar surface area (TPSA) is 51.2 Å². The van der Waals surface area contributed by atoms with E-state index in [2.05, 4.69) is 24.1 Å². The van der Waals surface area contributed by atoms with Crippen LogP contribution in [0, 0.1) is 16.7 Å². The lowest BCUT2D eigenvalue weighted by Gasteiger charge is -2.39. The summed E-state index contributed by atoms with van der Waals surface area (Å²) in [5.41, 5.74) is -2.24. The number of amides is 1. The van der Waals surface area contributed by atoms with Crippen LogP contribution in [0.25, 0.3) is 0 Å². The van der Waals surface area contributed by atoms with Gasteiger partial charge in [0.15, 0.2) is 11.4 Å². The van der Waals surface area contributed by atoms with E-state index in [0.29, 0.717) is 25.1 Å². The van der Waals surface area contributed by atoms with Crippen molar-refractivity contribution in [3.05, 3.63) is 22.8 Å². The van der Waals surface area contributed by atoms with Gasteiger partial charge in [-0.1, -0.05) is 25.4 Å². The molecule has 25 heavy (non-hydrogen) atoms. The SMILES string of the molecule is CC12COC3(C(=O)Nc4ncc(C(F)(F)F)cc4Cl)CC1CCC32C. The number of ether oxygens (including phenoxy) is 1. The van der Waals surface area contributed by atoms with Crippen LogP contribution in [-0.2, 0) is 15.7 Å². The molecule has 4 nitrogen and oxygen atoms in total. The molecule has 2 aliphatic carbocycles. The predicted octanol–water partition coefficient (Wildman–Crippen LogP) is 4.29. The molecule has 136 valence electrons. The normalized spacial score (nSPS) is 39.0. The van der Waals surface area contributed by atoms with Crippen molar-refractivity contribution >= 4 is 23.3 Å². The Morgan fingerprint density at radius 3 is 2.72 bits per heavy atom. The van der Waals surface area contributed by atoms with E-state index >= 15 is 0 Å². The maximum absolute atomic E-state index is 13.0. The van der Waals surface area contributed by atoms with Gasteiger partial charge in [-0.15, -0.1) is 0 Å². The quantitative estimate of drug-likeness (QED) is 0.840. The number of nitrogens with zero attached hydrogens (tertiary/aromatic N) is 1. The van der Waals surface area contributed by atoms with E-state index in [1.165, 1.54) is 0 Å². The van der Waals surface area contributed by atoms with Crippen LogP contribution in [0.3, 0.4) is 0 Å². The van der Waals surface area contributed by atoms with Crippen molar-refractivity contribution in [1.29, 1.82) is 0 Å². The van der Waals surface area contributed by atoms with Crippen molar-refractivity contribution in [2.24, 2.45) is 16.7 Å². The standard InChI is InChI=1S/C17H18ClF3N2O2/c1-14-8-25-16(6-9(14)3-4-15(14,16)2)13(24)23-12-11(18)5-10(7-22-12)17(19,20)21/h5,7,9H,3-4,6,8H2,1-2H3,(H,22,23,24). The zero-order valence-corrected chi connectivity index (χ0v) is 14.6. The molecule has 0 radical (unpaired) electrons. The van der Waals surface area contributed by atoms with Gasteiger partial charge in [-0.2, -0.15) is 13.2 Å². The molecule has 0 aromatic carbocycles. The number of aromatic nitrogens is 1. The monoisotopic (exact) mass is 374 g/mol. The van der Waals surface area contributed by atoms with Crippen LogP contribution in [0.15, 0.2) is 12.3 Å². The van der Waals surface area contributed by atoms with Crippen LogP contribution in [0.4, 0.5) is 19.0 Å². The second-order valence-electron chi connectivity index (χ2n) is 7.81. The smallest absolute Gasteiger partial charge is 0.364 e. The number of pyridine rings is 1. The van der Waals surface area contributed by atoms with Crippen LogP contribution in [0.5, 0.6) is 0 Å². The Morgan fingerprint density at radius 2 is 2.16 bits per heavy atom. The molecule has 0 spiro atoms. The third kappa shape index (κ3) is 1.99. The fourth-order valence-corrected chi connectivity index (χ4v) is 5.36. The summed E-state index contributed by atoms with van der Waals surface area (Å²) in [6, 6.07) is 0.768. The van der Waals surface area contributed by atoms with Crippen molar-refractivity contribution in [2.45, 2.75) is 44.9 Å². The molecule has 1 aromatic heterocycles. The molecule has 1 aliphatic heterocycles. The van der Waals surface area contributed by atoms with E-state index in [1.807, 2.05) is 0 Å². The maximum Gasteiger partial charge on any atom is 0.417 e. The minimum absolute atomic E-state index is 0.0400. The molecule has 3 aliphatic rings. The fourth-order valence-electron chi connectivity index (χ4n) is 5.15. The highest BCUT2D eigenvalue weighted by molar-refractivity contribution is 6.33. The lowest BCUT2D eigenvalue weighted by molar-refractivity contribution is -0.149. The Kier molecular flexibility index (Phi) is 3.34. The molecule has 3 fully saturated rings. The Hall–Kier alpha value is -1.34. The number of rotatable bonds is 2. The average Bonchev–Trinajstić information content (AvgIpc) is 3.00. The van der Waals surface area contributed by atoms with Crippen molar-refractivity contribution in [3.8, 4) is 0 Å². The first kappa shape index (κ1) is 17.1. The number of alkyl halides is 3. The van der Waals surface area contributed by atoms with Crippen LogP contribution >= 0.6 is 11.6 Å². The molecule has 2 saturated carbocycles. The number of nitrogens with one attached hydrogen (secondary N) is 1. The summed E-state index contributed by atoms with van der Waals surface area (Å²) in [5.74, 6) is -0.0132. The van der Waals surface area contributed by atoms with Gasteiger partial charge in [0.1, 0.15) is 0 Å². The van der Waals surface area contributed by atoms with Crippen LogP contribution in [-0.4, -0.2) is 23.1 Å². The molecule has 2 heterocycles. The van der Waals surface area contributed by atoms with Gasteiger partial charge in [0.25, 0.3) is 5.91 Å². The van der Waals surface area contributed by atoms with E-state index in [1.54, 1.807) is 0 Å². The second-order valence-corrected chi connectivity index (χ2v) is 8.22. The summed E-state index contributed by atoms with van der Waals surface area (Å²) in [5, 5.41) is 2.36. The molecule has 4 atom stereocenters.